The third-order valence-corrected chi connectivity index (χ3v) is 3.05. The second kappa shape index (κ2) is 6.67. The van der Waals surface area contributed by atoms with Crippen molar-refractivity contribution in [2.24, 2.45) is 0 Å². The van der Waals surface area contributed by atoms with Gasteiger partial charge in [0, 0.05) is 18.8 Å². The van der Waals surface area contributed by atoms with Gasteiger partial charge in [0.15, 0.2) is 0 Å². The second-order valence-electron chi connectivity index (χ2n) is 4.50. The third-order valence-electron chi connectivity index (χ3n) is 3.05. The lowest BCUT2D eigenvalue weighted by Gasteiger charge is -2.23. The molecule has 1 atom stereocenters. The molecule has 1 aliphatic rings. The molecule has 1 saturated heterocycles. The summed E-state index contributed by atoms with van der Waals surface area (Å²) in [6.45, 7) is 2.28. The van der Waals surface area contributed by atoms with Crippen molar-refractivity contribution in [2.75, 3.05) is 13.2 Å². The summed E-state index contributed by atoms with van der Waals surface area (Å²) in [5.74, 6) is -0.306. The SMILES string of the molecule is Fc1cncc(COCCC2CCCCN2)c1. The number of hydrogen-bond donors (Lipinski definition) is 1. The summed E-state index contributed by atoms with van der Waals surface area (Å²) in [4.78, 5) is 3.79. The van der Waals surface area contributed by atoms with E-state index in [9.17, 15) is 4.39 Å². The van der Waals surface area contributed by atoms with Crippen LogP contribution in [0.2, 0.25) is 0 Å². The van der Waals surface area contributed by atoms with E-state index in [2.05, 4.69) is 10.3 Å². The summed E-state index contributed by atoms with van der Waals surface area (Å²) in [5.41, 5.74) is 0.793. The lowest BCUT2D eigenvalue weighted by molar-refractivity contribution is 0.108. The van der Waals surface area contributed by atoms with Gasteiger partial charge < -0.3 is 10.1 Å². The summed E-state index contributed by atoms with van der Waals surface area (Å²) >= 11 is 0. The molecule has 0 amide bonds. The fourth-order valence-corrected chi connectivity index (χ4v) is 2.12. The monoisotopic (exact) mass is 238 g/mol. The maximum Gasteiger partial charge on any atom is 0.141 e. The molecule has 0 saturated carbocycles. The van der Waals surface area contributed by atoms with Crippen molar-refractivity contribution in [3.05, 3.63) is 29.8 Å². The number of rotatable bonds is 5. The van der Waals surface area contributed by atoms with Gasteiger partial charge in [-0.25, -0.2) is 4.39 Å². The van der Waals surface area contributed by atoms with E-state index in [0.717, 1.165) is 18.5 Å². The van der Waals surface area contributed by atoms with Crippen LogP contribution < -0.4 is 5.32 Å². The number of nitrogens with zero attached hydrogens (tertiary/aromatic N) is 1. The quantitative estimate of drug-likeness (QED) is 0.799. The predicted octanol–water partition coefficient (Wildman–Crippen LogP) is 2.27. The van der Waals surface area contributed by atoms with E-state index in [-0.39, 0.29) is 5.82 Å². The first kappa shape index (κ1) is 12.5. The van der Waals surface area contributed by atoms with Gasteiger partial charge in [-0.2, -0.15) is 0 Å². The molecule has 4 heteroatoms. The molecule has 17 heavy (non-hydrogen) atoms. The molecule has 3 nitrogen and oxygen atoms in total. The minimum atomic E-state index is -0.306. The van der Waals surface area contributed by atoms with Crippen LogP contribution in [-0.4, -0.2) is 24.2 Å². The fourth-order valence-electron chi connectivity index (χ4n) is 2.12. The zero-order valence-corrected chi connectivity index (χ0v) is 9.99. The largest absolute Gasteiger partial charge is 0.377 e. The van der Waals surface area contributed by atoms with Crippen LogP contribution in [0.25, 0.3) is 0 Å². The van der Waals surface area contributed by atoms with Gasteiger partial charge in [-0.15, -0.1) is 0 Å². The summed E-state index contributed by atoms with van der Waals surface area (Å²) in [6, 6.07) is 2.06. The molecule has 1 aromatic rings. The molecule has 1 N–H and O–H groups in total. The molecule has 2 rings (SSSR count). The highest BCUT2D eigenvalue weighted by atomic mass is 19.1. The second-order valence-corrected chi connectivity index (χ2v) is 4.50. The maximum atomic E-state index is 12.8. The molecule has 1 unspecified atom stereocenters. The molecular formula is C13H19FN2O. The van der Waals surface area contributed by atoms with Crippen molar-refractivity contribution < 1.29 is 9.13 Å². The molecule has 1 aliphatic heterocycles. The van der Waals surface area contributed by atoms with Gasteiger partial charge in [-0.3, -0.25) is 4.98 Å². The standard InChI is InChI=1S/C13H19FN2O/c14-12-7-11(8-15-9-12)10-17-6-4-13-3-1-2-5-16-13/h7-9,13,16H,1-6,10H2. The molecule has 2 heterocycles. The van der Waals surface area contributed by atoms with Crippen LogP contribution >= 0.6 is 0 Å². The Hall–Kier alpha value is -1.00. The first-order valence-corrected chi connectivity index (χ1v) is 6.25. The Morgan fingerprint density at radius 1 is 1.41 bits per heavy atom. The molecule has 1 aromatic heterocycles. The molecule has 0 aromatic carbocycles. The van der Waals surface area contributed by atoms with Gasteiger partial charge in [0.1, 0.15) is 5.82 Å². The predicted molar refractivity (Wildman–Crippen MR) is 64.1 cm³/mol. The highest BCUT2D eigenvalue weighted by Crippen LogP contribution is 2.10. The number of piperidine rings is 1. The average Bonchev–Trinajstić information content (AvgIpc) is 2.36. The Morgan fingerprint density at radius 3 is 3.12 bits per heavy atom. The highest BCUT2D eigenvalue weighted by Gasteiger charge is 2.11. The minimum absolute atomic E-state index is 0.306. The van der Waals surface area contributed by atoms with Crippen LogP contribution in [0.3, 0.4) is 0 Å². The smallest absolute Gasteiger partial charge is 0.141 e. The minimum Gasteiger partial charge on any atom is -0.377 e. The number of halogens is 1. The van der Waals surface area contributed by atoms with E-state index in [1.54, 1.807) is 6.20 Å². The number of nitrogens with one attached hydrogen (secondary N) is 1. The van der Waals surface area contributed by atoms with Gasteiger partial charge >= 0.3 is 0 Å². The molecule has 1 fully saturated rings. The summed E-state index contributed by atoms with van der Waals surface area (Å²) in [7, 11) is 0. The van der Waals surface area contributed by atoms with Gasteiger partial charge in [0.05, 0.1) is 12.8 Å². The van der Waals surface area contributed by atoms with Crippen molar-refractivity contribution in [1.29, 1.82) is 0 Å². The van der Waals surface area contributed by atoms with Gasteiger partial charge in [0.2, 0.25) is 0 Å². The van der Waals surface area contributed by atoms with Crippen molar-refractivity contribution in [1.82, 2.24) is 10.3 Å². The van der Waals surface area contributed by atoms with Gasteiger partial charge in [-0.1, -0.05) is 6.42 Å². The number of aromatic nitrogens is 1. The van der Waals surface area contributed by atoms with Crippen molar-refractivity contribution in [3.8, 4) is 0 Å². The van der Waals surface area contributed by atoms with Crippen molar-refractivity contribution in [2.45, 2.75) is 38.3 Å². The van der Waals surface area contributed by atoms with E-state index < -0.39 is 0 Å². The van der Waals surface area contributed by atoms with Crippen LogP contribution in [0.15, 0.2) is 18.5 Å². The Labute approximate surface area is 101 Å². The van der Waals surface area contributed by atoms with Crippen LogP contribution in [-0.2, 0) is 11.3 Å². The first-order valence-electron chi connectivity index (χ1n) is 6.25. The molecule has 94 valence electrons. The Kier molecular flexibility index (Phi) is 4.88. The fraction of sp³-hybridized carbons (Fsp3) is 0.615. The zero-order chi connectivity index (χ0) is 11.9. The van der Waals surface area contributed by atoms with Crippen LogP contribution in [0.1, 0.15) is 31.2 Å². The van der Waals surface area contributed by atoms with Crippen LogP contribution in [0.4, 0.5) is 4.39 Å². The maximum absolute atomic E-state index is 12.8. The molecular weight excluding hydrogens is 219 g/mol. The lowest BCUT2D eigenvalue weighted by atomic mass is 10.0. The molecule has 0 radical (unpaired) electrons. The topological polar surface area (TPSA) is 34.1 Å². The zero-order valence-electron chi connectivity index (χ0n) is 9.99. The Bertz CT molecular complexity index is 340. The third kappa shape index (κ3) is 4.40. The van der Waals surface area contributed by atoms with E-state index in [4.69, 9.17) is 4.74 Å². The highest BCUT2D eigenvalue weighted by molar-refractivity contribution is 5.08. The van der Waals surface area contributed by atoms with E-state index in [1.807, 2.05) is 0 Å². The van der Waals surface area contributed by atoms with Crippen molar-refractivity contribution >= 4 is 0 Å². The van der Waals surface area contributed by atoms with E-state index >= 15 is 0 Å². The van der Waals surface area contributed by atoms with Gasteiger partial charge in [-0.05, 0) is 37.4 Å². The lowest BCUT2D eigenvalue weighted by Crippen LogP contribution is -2.34. The first-order chi connectivity index (χ1) is 8.34. The number of pyridine rings is 1. The van der Waals surface area contributed by atoms with Crippen LogP contribution in [0, 0.1) is 5.82 Å². The number of hydrogen-bond acceptors (Lipinski definition) is 3. The van der Waals surface area contributed by atoms with Gasteiger partial charge in [0.25, 0.3) is 0 Å². The number of ether oxygens (including phenoxy) is 1. The Morgan fingerprint density at radius 2 is 2.35 bits per heavy atom. The molecule has 0 spiro atoms. The normalized spacial score (nSPS) is 20.4. The Balaban J connectivity index is 1.62. The molecule has 0 bridgehead atoms. The molecule has 0 aliphatic carbocycles. The van der Waals surface area contributed by atoms with Crippen molar-refractivity contribution in [3.63, 3.8) is 0 Å². The summed E-state index contributed by atoms with van der Waals surface area (Å²) in [5, 5.41) is 3.47. The van der Waals surface area contributed by atoms with E-state index in [0.29, 0.717) is 19.3 Å². The van der Waals surface area contributed by atoms with E-state index in [1.165, 1.54) is 31.5 Å². The van der Waals surface area contributed by atoms with Crippen LogP contribution in [0.5, 0.6) is 0 Å². The summed E-state index contributed by atoms with van der Waals surface area (Å²) in [6.07, 6.45) is 7.71. The summed E-state index contributed by atoms with van der Waals surface area (Å²) < 4.78 is 18.4. The average molecular weight is 238 g/mol.